The molecule has 0 unspecified atom stereocenters. The minimum Gasteiger partial charge on any atom is -0.315 e. The molecular formula is C27H57NO. The summed E-state index contributed by atoms with van der Waals surface area (Å²) in [6.45, 7) is 28.3. The fourth-order valence-electron chi connectivity index (χ4n) is 5.44. The molecule has 2 nitrogen and oxygen atoms in total. The zero-order valence-corrected chi connectivity index (χ0v) is 22.8. The van der Waals surface area contributed by atoms with Crippen LogP contribution < -0.4 is 5.32 Å². The highest BCUT2D eigenvalue weighted by molar-refractivity contribution is 5.81. The molecule has 0 aromatic heterocycles. The molecule has 1 saturated carbocycles. The van der Waals surface area contributed by atoms with Crippen LogP contribution in [-0.2, 0) is 4.79 Å². The van der Waals surface area contributed by atoms with Crippen molar-refractivity contribution < 1.29 is 4.79 Å². The Morgan fingerprint density at radius 1 is 0.724 bits per heavy atom. The lowest BCUT2D eigenvalue weighted by Crippen LogP contribution is -2.44. The lowest BCUT2D eigenvalue weighted by atomic mass is 9.58. The van der Waals surface area contributed by atoms with Crippen LogP contribution in [0.4, 0.5) is 0 Å². The largest absolute Gasteiger partial charge is 0.315 e. The summed E-state index contributed by atoms with van der Waals surface area (Å²) in [5.74, 6) is 1.88. The molecular weight excluding hydrogens is 354 g/mol. The van der Waals surface area contributed by atoms with Crippen LogP contribution in [0, 0.1) is 28.1 Å². The molecule has 0 amide bonds. The Kier molecular flexibility index (Phi) is 13.3. The predicted molar refractivity (Wildman–Crippen MR) is 133 cm³/mol. The van der Waals surface area contributed by atoms with Crippen molar-refractivity contribution in [1.82, 2.24) is 5.32 Å². The fourth-order valence-corrected chi connectivity index (χ4v) is 5.44. The smallest absolute Gasteiger partial charge is 0.135 e. The molecule has 1 aliphatic carbocycles. The van der Waals surface area contributed by atoms with Crippen molar-refractivity contribution in [2.75, 3.05) is 7.05 Å². The van der Waals surface area contributed by atoms with Crippen LogP contribution >= 0.6 is 0 Å². The Balaban J connectivity index is 0. The van der Waals surface area contributed by atoms with Crippen LogP contribution in [0.3, 0.4) is 0 Å². The molecule has 0 aliphatic heterocycles. The van der Waals surface area contributed by atoms with Gasteiger partial charge in [-0.1, -0.05) is 69.2 Å². The van der Waals surface area contributed by atoms with Crippen molar-refractivity contribution in [3.8, 4) is 0 Å². The molecule has 1 N–H and O–H groups in total. The van der Waals surface area contributed by atoms with E-state index < -0.39 is 0 Å². The van der Waals surface area contributed by atoms with E-state index in [1.165, 1.54) is 32.1 Å². The van der Waals surface area contributed by atoms with E-state index in [0.29, 0.717) is 11.2 Å². The Labute approximate surface area is 185 Å². The quantitative estimate of drug-likeness (QED) is 0.435. The maximum absolute atomic E-state index is 12.0. The van der Waals surface area contributed by atoms with E-state index in [1.54, 1.807) is 6.92 Å². The number of hydrogen-bond acceptors (Lipinski definition) is 2. The van der Waals surface area contributed by atoms with Gasteiger partial charge in [-0.3, -0.25) is 4.79 Å². The van der Waals surface area contributed by atoms with Crippen LogP contribution in [0.5, 0.6) is 0 Å². The monoisotopic (exact) mass is 411 g/mol. The number of carbonyl (C=O) groups is 1. The van der Waals surface area contributed by atoms with E-state index in [2.05, 4.69) is 67.8 Å². The van der Waals surface area contributed by atoms with Crippen molar-refractivity contribution in [2.45, 2.75) is 134 Å². The molecule has 0 aromatic carbocycles. The fraction of sp³-hybridized carbons (Fsp3) is 0.963. The number of rotatable bonds is 8. The van der Waals surface area contributed by atoms with Crippen LogP contribution in [0.2, 0.25) is 0 Å². The van der Waals surface area contributed by atoms with Gasteiger partial charge in [0.1, 0.15) is 5.78 Å². The predicted octanol–water partition coefficient (Wildman–Crippen LogP) is 8.29. The standard InChI is InChI=1S/C23H45NO.2C2H6/c1-17(25)20(2,3)15-21(4,5)18-11-13-19(14-12-18)22(6,7)16-23(8,9)24-10;2*1-2/h18-19,24H,11-16H2,1-10H3;2*1-2H3. The van der Waals surface area contributed by atoms with E-state index in [9.17, 15) is 4.79 Å². The zero-order chi connectivity index (χ0) is 23.7. The van der Waals surface area contributed by atoms with Gasteiger partial charge in [-0.2, -0.15) is 0 Å². The lowest BCUT2D eigenvalue weighted by molar-refractivity contribution is -0.127. The average Bonchev–Trinajstić information content (AvgIpc) is 2.63. The van der Waals surface area contributed by atoms with Crippen LogP contribution in [0.25, 0.3) is 0 Å². The number of nitrogens with one attached hydrogen (secondary N) is 1. The molecule has 1 fully saturated rings. The molecule has 0 heterocycles. The molecule has 2 heteroatoms. The van der Waals surface area contributed by atoms with Gasteiger partial charge in [0.25, 0.3) is 0 Å². The summed E-state index contributed by atoms with van der Waals surface area (Å²) in [4.78, 5) is 12.0. The van der Waals surface area contributed by atoms with Gasteiger partial charge in [-0.15, -0.1) is 0 Å². The average molecular weight is 412 g/mol. The maximum atomic E-state index is 12.0. The summed E-state index contributed by atoms with van der Waals surface area (Å²) in [5.41, 5.74) is 0.621. The molecule has 1 aliphatic rings. The number of carbonyl (C=O) groups excluding carboxylic acids is 1. The molecule has 0 radical (unpaired) electrons. The Hall–Kier alpha value is -0.370. The van der Waals surface area contributed by atoms with Gasteiger partial charge in [0.15, 0.2) is 0 Å². The Morgan fingerprint density at radius 2 is 1.03 bits per heavy atom. The third-order valence-corrected chi connectivity index (χ3v) is 7.36. The van der Waals surface area contributed by atoms with E-state index in [1.807, 2.05) is 27.7 Å². The van der Waals surface area contributed by atoms with Crippen LogP contribution in [0.1, 0.15) is 129 Å². The van der Waals surface area contributed by atoms with Gasteiger partial charge in [0, 0.05) is 11.0 Å². The van der Waals surface area contributed by atoms with Crippen molar-refractivity contribution in [1.29, 1.82) is 0 Å². The second-order valence-corrected chi connectivity index (χ2v) is 11.5. The summed E-state index contributed by atoms with van der Waals surface area (Å²) in [5, 5.41) is 3.47. The first kappa shape index (κ1) is 30.8. The topological polar surface area (TPSA) is 29.1 Å². The number of ketones is 1. The van der Waals surface area contributed by atoms with Crippen molar-refractivity contribution in [3.05, 3.63) is 0 Å². The minimum absolute atomic E-state index is 0.198. The first-order chi connectivity index (χ1) is 13.1. The van der Waals surface area contributed by atoms with Crippen molar-refractivity contribution >= 4 is 5.78 Å². The Bertz CT molecular complexity index is 451. The van der Waals surface area contributed by atoms with Crippen molar-refractivity contribution in [2.24, 2.45) is 28.1 Å². The minimum atomic E-state index is -0.198. The summed E-state index contributed by atoms with van der Waals surface area (Å²) >= 11 is 0. The molecule has 29 heavy (non-hydrogen) atoms. The van der Waals surface area contributed by atoms with E-state index in [-0.39, 0.29) is 16.4 Å². The van der Waals surface area contributed by atoms with Gasteiger partial charge < -0.3 is 5.32 Å². The SMILES string of the molecule is CC.CC.CNC(C)(C)CC(C)(C)C1CCC(C(C)(C)CC(C)(C)C(C)=O)CC1. The lowest BCUT2D eigenvalue weighted by Gasteiger charge is -2.47. The highest BCUT2D eigenvalue weighted by atomic mass is 16.1. The summed E-state index contributed by atoms with van der Waals surface area (Å²) < 4.78 is 0. The highest BCUT2D eigenvalue weighted by Gasteiger charge is 2.42. The van der Waals surface area contributed by atoms with Crippen LogP contribution in [-0.4, -0.2) is 18.4 Å². The van der Waals surface area contributed by atoms with Crippen molar-refractivity contribution in [3.63, 3.8) is 0 Å². The summed E-state index contributed by atoms with van der Waals surface area (Å²) in [6, 6.07) is 0. The Morgan fingerprint density at radius 3 is 1.31 bits per heavy atom. The zero-order valence-electron chi connectivity index (χ0n) is 22.8. The van der Waals surface area contributed by atoms with E-state index in [4.69, 9.17) is 0 Å². The highest BCUT2D eigenvalue weighted by Crippen LogP contribution is 2.50. The molecule has 0 aromatic rings. The third kappa shape index (κ3) is 9.99. The summed E-state index contributed by atoms with van der Waals surface area (Å²) in [7, 11) is 2.08. The maximum Gasteiger partial charge on any atom is 0.135 e. The second kappa shape index (κ2) is 12.5. The van der Waals surface area contributed by atoms with E-state index in [0.717, 1.165) is 18.3 Å². The van der Waals surface area contributed by atoms with E-state index >= 15 is 0 Å². The van der Waals surface area contributed by atoms with Gasteiger partial charge in [0.05, 0.1) is 0 Å². The van der Waals surface area contributed by atoms with Gasteiger partial charge in [0.2, 0.25) is 0 Å². The molecule has 1 rings (SSSR count). The third-order valence-electron chi connectivity index (χ3n) is 7.36. The van der Waals surface area contributed by atoms with Gasteiger partial charge in [-0.05, 0) is 89.0 Å². The normalized spacial score (nSPS) is 20.8. The molecule has 176 valence electrons. The first-order valence-electron chi connectivity index (χ1n) is 12.3. The second-order valence-electron chi connectivity index (χ2n) is 11.5. The molecule has 0 saturated heterocycles. The summed E-state index contributed by atoms with van der Waals surface area (Å²) in [6.07, 6.45) is 7.51. The number of Topliss-reactive ketones (excluding diaryl/α,β-unsaturated/α-hetero) is 1. The molecule has 0 atom stereocenters. The first-order valence-corrected chi connectivity index (χ1v) is 12.3. The van der Waals surface area contributed by atoms with Gasteiger partial charge >= 0.3 is 0 Å². The van der Waals surface area contributed by atoms with Crippen LogP contribution in [0.15, 0.2) is 0 Å². The molecule has 0 spiro atoms. The number of hydrogen-bond donors (Lipinski definition) is 1. The molecule has 0 bridgehead atoms. The van der Waals surface area contributed by atoms with Gasteiger partial charge in [-0.25, -0.2) is 0 Å².